The molecular formula is C16H10BrClN2OS. The van der Waals surface area contributed by atoms with Crippen LogP contribution in [-0.2, 0) is 0 Å². The van der Waals surface area contributed by atoms with Gasteiger partial charge in [-0.05, 0) is 36.4 Å². The lowest BCUT2D eigenvalue weighted by atomic mass is 10.2. The standard InChI is InChI=1S/C16H10BrClN2OS/c17-12-5-1-10(2-6-12)14-9-22-16(19-14)20-15(21)11-3-7-13(18)8-4-11/h1-9H,(H,19,20,21). The van der Waals surface area contributed by atoms with E-state index in [1.807, 2.05) is 29.6 Å². The molecule has 2 aromatic carbocycles. The van der Waals surface area contributed by atoms with Crippen LogP contribution in [0, 0.1) is 0 Å². The summed E-state index contributed by atoms with van der Waals surface area (Å²) in [5.41, 5.74) is 2.39. The largest absolute Gasteiger partial charge is 0.298 e. The van der Waals surface area contributed by atoms with Gasteiger partial charge in [-0.1, -0.05) is 39.7 Å². The molecule has 6 heteroatoms. The van der Waals surface area contributed by atoms with Gasteiger partial charge in [-0.2, -0.15) is 0 Å². The second kappa shape index (κ2) is 6.60. The topological polar surface area (TPSA) is 42.0 Å². The Labute approximate surface area is 145 Å². The third-order valence-electron chi connectivity index (χ3n) is 2.97. The predicted molar refractivity (Wildman–Crippen MR) is 94.7 cm³/mol. The Morgan fingerprint density at radius 2 is 1.77 bits per heavy atom. The van der Waals surface area contributed by atoms with Gasteiger partial charge in [-0.15, -0.1) is 11.3 Å². The number of halogens is 2. The first-order valence-corrected chi connectivity index (χ1v) is 8.45. The van der Waals surface area contributed by atoms with Crippen molar-refractivity contribution in [3.8, 4) is 11.3 Å². The Balaban J connectivity index is 1.75. The van der Waals surface area contributed by atoms with Gasteiger partial charge in [0.05, 0.1) is 5.69 Å². The summed E-state index contributed by atoms with van der Waals surface area (Å²) in [7, 11) is 0. The van der Waals surface area contributed by atoms with E-state index in [-0.39, 0.29) is 5.91 Å². The second-order valence-electron chi connectivity index (χ2n) is 4.51. The molecule has 0 spiro atoms. The molecule has 1 aromatic heterocycles. The smallest absolute Gasteiger partial charge is 0.257 e. The molecule has 0 aliphatic heterocycles. The van der Waals surface area contributed by atoms with Crippen LogP contribution in [0.2, 0.25) is 5.02 Å². The molecule has 0 aliphatic rings. The van der Waals surface area contributed by atoms with E-state index in [0.29, 0.717) is 15.7 Å². The highest BCUT2D eigenvalue weighted by atomic mass is 79.9. The Hall–Kier alpha value is -1.69. The Bertz CT molecular complexity index is 800. The van der Waals surface area contributed by atoms with E-state index in [0.717, 1.165) is 15.7 Å². The normalized spacial score (nSPS) is 10.5. The van der Waals surface area contributed by atoms with Gasteiger partial charge in [0.25, 0.3) is 5.91 Å². The number of carbonyl (C=O) groups is 1. The van der Waals surface area contributed by atoms with Gasteiger partial charge >= 0.3 is 0 Å². The van der Waals surface area contributed by atoms with Gasteiger partial charge in [0.2, 0.25) is 0 Å². The maximum Gasteiger partial charge on any atom is 0.257 e. The van der Waals surface area contributed by atoms with E-state index in [9.17, 15) is 4.79 Å². The van der Waals surface area contributed by atoms with Crippen LogP contribution >= 0.6 is 38.9 Å². The molecule has 22 heavy (non-hydrogen) atoms. The maximum atomic E-state index is 12.1. The van der Waals surface area contributed by atoms with Crippen LogP contribution in [0.5, 0.6) is 0 Å². The fourth-order valence-corrected chi connectivity index (χ4v) is 2.96. The number of anilines is 1. The lowest BCUT2D eigenvalue weighted by Crippen LogP contribution is -2.11. The average Bonchev–Trinajstić information content (AvgIpc) is 2.97. The molecule has 0 bridgehead atoms. The van der Waals surface area contributed by atoms with E-state index < -0.39 is 0 Å². The SMILES string of the molecule is O=C(Nc1nc(-c2ccc(Br)cc2)cs1)c1ccc(Cl)cc1. The molecule has 3 nitrogen and oxygen atoms in total. The van der Waals surface area contributed by atoms with Crippen molar-refractivity contribution in [2.75, 3.05) is 5.32 Å². The van der Waals surface area contributed by atoms with Gasteiger partial charge < -0.3 is 0 Å². The Morgan fingerprint density at radius 1 is 1.09 bits per heavy atom. The highest BCUT2D eigenvalue weighted by Gasteiger charge is 2.10. The molecule has 0 unspecified atom stereocenters. The molecule has 0 atom stereocenters. The van der Waals surface area contributed by atoms with Crippen molar-refractivity contribution in [2.45, 2.75) is 0 Å². The highest BCUT2D eigenvalue weighted by molar-refractivity contribution is 9.10. The first-order valence-electron chi connectivity index (χ1n) is 6.40. The van der Waals surface area contributed by atoms with Crippen LogP contribution in [0.4, 0.5) is 5.13 Å². The van der Waals surface area contributed by atoms with Crippen LogP contribution in [0.1, 0.15) is 10.4 Å². The van der Waals surface area contributed by atoms with Crippen LogP contribution in [-0.4, -0.2) is 10.9 Å². The first kappa shape index (κ1) is 15.2. The summed E-state index contributed by atoms with van der Waals surface area (Å²) >= 11 is 10.6. The van der Waals surface area contributed by atoms with Gasteiger partial charge in [-0.25, -0.2) is 4.98 Å². The molecule has 110 valence electrons. The highest BCUT2D eigenvalue weighted by Crippen LogP contribution is 2.26. The number of amides is 1. The molecule has 0 radical (unpaired) electrons. The average molecular weight is 394 g/mol. The summed E-state index contributed by atoms with van der Waals surface area (Å²) in [5, 5.41) is 5.88. The van der Waals surface area contributed by atoms with Gasteiger partial charge in [-0.3, -0.25) is 10.1 Å². The third kappa shape index (κ3) is 3.55. The fraction of sp³-hybridized carbons (Fsp3) is 0. The van der Waals surface area contributed by atoms with Crippen LogP contribution < -0.4 is 5.32 Å². The summed E-state index contributed by atoms with van der Waals surface area (Å²) in [6.45, 7) is 0. The Kier molecular flexibility index (Phi) is 4.57. The van der Waals surface area contributed by atoms with Crippen molar-refractivity contribution >= 4 is 49.9 Å². The third-order valence-corrected chi connectivity index (χ3v) is 4.51. The van der Waals surface area contributed by atoms with Crippen molar-refractivity contribution in [3.05, 3.63) is 69.0 Å². The zero-order chi connectivity index (χ0) is 15.5. The lowest BCUT2D eigenvalue weighted by Gasteiger charge is -2.01. The van der Waals surface area contributed by atoms with Crippen molar-refractivity contribution in [1.82, 2.24) is 4.98 Å². The van der Waals surface area contributed by atoms with Gasteiger partial charge in [0, 0.05) is 26.0 Å². The number of benzene rings is 2. The van der Waals surface area contributed by atoms with E-state index in [1.165, 1.54) is 11.3 Å². The Morgan fingerprint density at radius 3 is 2.45 bits per heavy atom. The van der Waals surface area contributed by atoms with Gasteiger partial charge in [0.15, 0.2) is 5.13 Å². The number of nitrogens with zero attached hydrogens (tertiary/aromatic N) is 1. The number of aromatic nitrogens is 1. The molecule has 1 N–H and O–H groups in total. The summed E-state index contributed by atoms with van der Waals surface area (Å²) in [5.74, 6) is -0.201. The van der Waals surface area contributed by atoms with E-state index >= 15 is 0 Å². The summed E-state index contributed by atoms with van der Waals surface area (Å²) in [6.07, 6.45) is 0. The maximum absolute atomic E-state index is 12.1. The minimum absolute atomic E-state index is 0.201. The van der Waals surface area contributed by atoms with Crippen LogP contribution in [0.3, 0.4) is 0 Å². The summed E-state index contributed by atoms with van der Waals surface area (Å²) < 4.78 is 1.02. The molecule has 0 fully saturated rings. The summed E-state index contributed by atoms with van der Waals surface area (Å²) in [4.78, 5) is 16.6. The van der Waals surface area contributed by atoms with Crippen LogP contribution in [0.25, 0.3) is 11.3 Å². The number of hydrogen-bond acceptors (Lipinski definition) is 3. The fourth-order valence-electron chi connectivity index (χ4n) is 1.85. The van der Waals surface area contributed by atoms with Crippen LogP contribution in [0.15, 0.2) is 58.4 Å². The zero-order valence-corrected chi connectivity index (χ0v) is 14.4. The molecular weight excluding hydrogens is 384 g/mol. The van der Waals surface area contributed by atoms with E-state index in [1.54, 1.807) is 24.3 Å². The van der Waals surface area contributed by atoms with Gasteiger partial charge in [0.1, 0.15) is 0 Å². The number of nitrogens with one attached hydrogen (secondary N) is 1. The molecule has 3 rings (SSSR count). The van der Waals surface area contributed by atoms with Crippen molar-refractivity contribution < 1.29 is 4.79 Å². The number of carbonyl (C=O) groups excluding carboxylic acids is 1. The lowest BCUT2D eigenvalue weighted by molar-refractivity contribution is 0.102. The molecule has 0 saturated heterocycles. The monoisotopic (exact) mass is 392 g/mol. The number of hydrogen-bond donors (Lipinski definition) is 1. The molecule has 1 amide bonds. The molecule has 0 aliphatic carbocycles. The molecule has 0 saturated carbocycles. The molecule has 1 heterocycles. The minimum atomic E-state index is -0.201. The number of thiazole rings is 1. The number of rotatable bonds is 3. The molecule has 3 aromatic rings. The van der Waals surface area contributed by atoms with Crippen molar-refractivity contribution in [2.24, 2.45) is 0 Å². The summed E-state index contributed by atoms with van der Waals surface area (Å²) in [6, 6.07) is 14.6. The van der Waals surface area contributed by atoms with Crippen molar-refractivity contribution in [3.63, 3.8) is 0 Å². The second-order valence-corrected chi connectivity index (χ2v) is 6.72. The zero-order valence-electron chi connectivity index (χ0n) is 11.2. The first-order chi connectivity index (χ1) is 10.6. The predicted octanol–water partition coefficient (Wildman–Crippen LogP) is 5.48. The van der Waals surface area contributed by atoms with E-state index in [2.05, 4.69) is 26.2 Å². The van der Waals surface area contributed by atoms with E-state index in [4.69, 9.17) is 11.6 Å². The quantitative estimate of drug-likeness (QED) is 0.640. The van der Waals surface area contributed by atoms with Crippen molar-refractivity contribution in [1.29, 1.82) is 0 Å². The minimum Gasteiger partial charge on any atom is -0.298 e.